The van der Waals surface area contributed by atoms with Crippen molar-refractivity contribution in [2.75, 3.05) is 6.54 Å². The number of carbonyl (C=O) groups excluding carboxylic acids is 1. The van der Waals surface area contributed by atoms with E-state index in [9.17, 15) is 27.1 Å². The van der Waals surface area contributed by atoms with E-state index in [-0.39, 0.29) is 23.1 Å². The van der Waals surface area contributed by atoms with Crippen molar-refractivity contribution in [1.82, 2.24) is 4.90 Å². The zero-order chi connectivity index (χ0) is 26.5. The van der Waals surface area contributed by atoms with Crippen LogP contribution in [0, 0.1) is 23.4 Å². The van der Waals surface area contributed by atoms with Crippen LogP contribution in [0.2, 0.25) is 0 Å². The summed E-state index contributed by atoms with van der Waals surface area (Å²) in [5.41, 5.74) is -4.36. The third-order valence-corrected chi connectivity index (χ3v) is 7.81. The second kappa shape index (κ2) is 9.18. The van der Waals surface area contributed by atoms with Crippen LogP contribution in [0.4, 0.5) is 17.6 Å². The normalized spacial score (nSPS) is 24.0. The molecule has 3 rings (SSSR count). The van der Waals surface area contributed by atoms with Crippen molar-refractivity contribution >= 4 is 15.9 Å². The molecule has 11 heteroatoms. The molecule has 192 valence electrons. The van der Waals surface area contributed by atoms with Crippen molar-refractivity contribution in [3.63, 3.8) is 0 Å². The van der Waals surface area contributed by atoms with E-state index < -0.39 is 68.4 Å². The summed E-state index contributed by atoms with van der Waals surface area (Å²) in [7, 11) is -4.26. The van der Waals surface area contributed by atoms with Gasteiger partial charge in [-0.2, -0.15) is 0 Å². The summed E-state index contributed by atoms with van der Waals surface area (Å²) in [5, 5.41) is 14.2. The van der Waals surface area contributed by atoms with Gasteiger partial charge in [-0.15, -0.1) is 0 Å². The third-order valence-electron chi connectivity index (χ3n) is 6.48. The van der Waals surface area contributed by atoms with Crippen LogP contribution in [-0.2, 0) is 21.2 Å². The summed E-state index contributed by atoms with van der Waals surface area (Å²) in [4.78, 5) is 14.0. The minimum absolute atomic E-state index is 0.0324. The third kappa shape index (κ3) is 5.52. The Bertz CT molecular complexity index is 1220. The molecule has 2 aromatic carbocycles. The fourth-order valence-corrected chi connectivity index (χ4v) is 5.74. The molecule has 1 heterocycles. The van der Waals surface area contributed by atoms with Crippen LogP contribution < -0.4 is 5.14 Å². The molecule has 2 aromatic rings. The Balaban J connectivity index is 2.12. The number of hydrogen-bond donors (Lipinski definition) is 2. The molecule has 0 bridgehead atoms. The molecular formula is C24H28F4N2O4S. The van der Waals surface area contributed by atoms with E-state index >= 15 is 8.78 Å². The minimum Gasteiger partial charge on any atom is -0.381 e. The summed E-state index contributed by atoms with van der Waals surface area (Å²) in [6.07, 6.45) is -0.330. The van der Waals surface area contributed by atoms with Crippen LogP contribution in [-0.4, -0.2) is 53.4 Å². The highest BCUT2D eigenvalue weighted by molar-refractivity contribution is 7.89. The summed E-state index contributed by atoms with van der Waals surface area (Å²) >= 11 is 0. The minimum atomic E-state index is -4.26. The average Bonchev–Trinajstić information content (AvgIpc) is 2.96. The number of aliphatic hydroxyl groups is 1. The monoisotopic (exact) mass is 516 g/mol. The van der Waals surface area contributed by atoms with Gasteiger partial charge in [0.05, 0.1) is 11.8 Å². The smallest absolute Gasteiger partial charge is 0.254 e. The number of likely N-dealkylation sites (tertiary alicyclic amines) is 1. The molecule has 6 nitrogen and oxygen atoms in total. The Hall–Kier alpha value is -2.50. The summed E-state index contributed by atoms with van der Waals surface area (Å²) in [6, 6.07) is 5.46. The number of nitrogens with two attached hydrogens (primary N) is 1. The largest absolute Gasteiger partial charge is 0.381 e. The van der Waals surface area contributed by atoms with Gasteiger partial charge in [-0.3, -0.25) is 4.79 Å². The van der Waals surface area contributed by atoms with Crippen molar-refractivity contribution in [2.45, 2.75) is 56.7 Å². The van der Waals surface area contributed by atoms with E-state index in [1.54, 1.807) is 0 Å². The number of amides is 1. The molecule has 1 fully saturated rings. The molecule has 0 aromatic heterocycles. The molecule has 1 amide bonds. The van der Waals surface area contributed by atoms with Crippen LogP contribution in [0.3, 0.4) is 0 Å². The Morgan fingerprint density at radius 2 is 1.80 bits per heavy atom. The number of hydrogen-bond acceptors (Lipinski definition) is 4. The first kappa shape index (κ1) is 27.1. The van der Waals surface area contributed by atoms with E-state index in [0.29, 0.717) is 6.07 Å². The number of sulfonamides is 1. The molecule has 0 spiro atoms. The van der Waals surface area contributed by atoms with Crippen LogP contribution in [0.25, 0.3) is 11.1 Å². The van der Waals surface area contributed by atoms with Crippen LogP contribution >= 0.6 is 0 Å². The standard InChI is InChI=1S/C24H28F4N2O4S/c1-13(35(29,33)34)20-19(30(12-24(20,4)28)22(31)23(2,3)32)10-14-6-5-7-18(21(14)27)15-8-16(25)11-17(26)9-15/h5-9,11,13,19-20,32H,10,12H2,1-4H3,(H2,29,33,34)/t13?,19-,20+,24-/m0/s1. The van der Waals surface area contributed by atoms with Gasteiger partial charge in [-0.05, 0) is 57.4 Å². The number of carbonyl (C=O) groups is 1. The summed E-state index contributed by atoms with van der Waals surface area (Å²) in [5.74, 6) is -4.88. The fraction of sp³-hybridized carbons (Fsp3) is 0.458. The average molecular weight is 517 g/mol. The number of benzene rings is 2. The molecule has 0 radical (unpaired) electrons. The highest BCUT2D eigenvalue weighted by atomic mass is 32.2. The van der Waals surface area contributed by atoms with E-state index in [0.717, 1.165) is 24.0 Å². The summed E-state index contributed by atoms with van der Waals surface area (Å²) < 4.78 is 83.1. The van der Waals surface area contributed by atoms with Gasteiger partial charge < -0.3 is 10.0 Å². The molecule has 1 unspecified atom stereocenters. The topological polar surface area (TPSA) is 101 Å². The van der Waals surface area contributed by atoms with Gasteiger partial charge >= 0.3 is 0 Å². The molecule has 1 saturated heterocycles. The lowest BCUT2D eigenvalue weighted by Crippen LogP contribution is -2.51. The zero-order valence-corrected chi connectivity index (χ0v) is 20.5. The second-order valence-corrected chi connectivity index (χ2v) is 11.7. The van der Waals surface area contributed by atoms with E-state index in [1.807, 2.05) is 0 Å². The van der Waals surface area contributed by atoms with E-state index in [4.69, 9.17) is 5.14 Å². The van der Waals surface area contributed by atoms with Crippen molar-refractivity contribution in [1.29, 1.82) is 0 Å². The maximum absolute atomic E-state index is 15.8. The SMILES string of the molecule is CC([C@@H]1[C@H](Cc2cccc(-c3cc(F)cc(F)c3)c2F)N(C(=O)C(C)(C)O)C[C@]1(C)F)S(N)(=O)=O. The number of rotatable bonds is 6. The molecule has 4 atom stereocenters. The number of nitrogens with zero attached hydrogens (tertiary/aromatic N) is 1. The predicted molar refractivity (Wildman–Crippen MR) is 123 cm³/mol. The van der Waals surface area contributed by atoms with Gasteiger partial charge in [0, 0.05) is 23.6 Å². The number of alkyl halides is 1. The zero-order valence-electron chi connectivity index (χ0n) is 19.7. The fourth-order valence-electron chi connectivity index (χ4n) is 4.86. The quantitative estimate of drug-likeness (QED) is 0.576. The van der Waals surface area contributed by atoms with Gasteiger partial charge in [-0.1, -0.05) is 18.2 Å². The van der Waals surface area contributed by atoms with E-state index in [1.165, 1.54) is 39.0 Å². The highest BCUT2D eigenvalue weighted by Gasteiger charge is 2.57. The molecule has 1 aliphatic heterocycles. The van der Waals surface area contributed by atoms with Crippen LogP contribution in [0.1, 0.15) is 33.3 Å². The first-order valence-electron chi connectivity index (χ1n) is 10.9. The van der Waals surface area contributed by atoms with Crippen molar-refractivity contribution < 1.29 is 35.9 Å². The first-order valence-corrected chi connectivity index (χ1v) is 12.5. The van der Waals surface area contributed by atoms with Gasteiger partial charge in [0.2, 0.25) is 10.0 Å². The molecular weight excluding hydrogens is 488 g/mol. The van der Waals surface area contributed by atoms with Crippen molar-refractivity contribution in [3.05, 3.63) is 59.4 Å². The molecule has 3 N–H and O–H groups in total. The van der Waals surface area contributed by atoms with Crippen molar-refractivity contribution in [2.24, 2.45) is 11.1 Å². The number of halogens is 4. The lowest BCUT2D eigenvalue weighted by atomic mass is 9.83. The predicted octanol–water partition coefficient (Wildman–Crippen LogP) is 3.32. The maximum atomic E-state index is 15.8. The van der Waals surface area contributed by atoms with Gasteiger partial charge in [-0.25, -0.2) is 31.1 Å². The van der Waals surface area contributed by atoms with E-state index in [2.05, 4.69) is 0 Å². The molecule has 1 aliphatic rings. The Kier molecular flexibility index (Phi) is 7.11. The Morgan fingerprint density at radius 3 is 2.31 bits per heavy atom. The Labute approximate surface area is 201 Å². The Morgan fingerprint density at radius 1 is 1.23 bits per heavy atom. The maximum Gasteiger partial charge on any atom is 0.254 e. The lowest BCUT2D eigenvalue weighted by molar-refractivity contribution is -0.149. The van der Waals surface area contributed by atoms with Gasteiger partial charge in [0.1, 0.15) is 28.7 Å². The first-order chi connectivity index (χ1) is 15.9. The lowest BCUT2D eigenvalue weighted by Gasteiger charge is -2.34. The molecule has 0 saturated carbocycles. The highest BCUT2D eigenvalue weighted by Crippen LogP contribution is 2.43. The van der Waals surface area contributed by atoms with Gasteiger partial charge in [0.25, 0.3) is 5.91 Å². The summed E-state index contributed by atoms with van der Waals surface area (Å²) in [6.45, 7) is 4.22. The second-order valence-electron chi connectivity index (χ2n) is 9.80. The van der Waals surface area contributed by atoms with Crippen LogP contribution in [0.5, 0.6) is 0 Å². The number of primary sulfonamides is 1. The molecule has 35 heavy (non-hydrogen) atoms. The van der Waals surface area contributed by atoms with Crippen molar-refractivity contribution in [3.8, 4) is 11.1 Å². The van der Waals surface area contributed by atoms with Gasteiger partial charge in [0.15, 0.2) is 0 Å². The molecule has 0 aliphatic carbocycles. The van der Waals surface area contributed by atoms with Crippen LogP contribution in [0.15, 0.2) is 36.4 Å².